The second-order valence-corrected chi connectivity index (χ2v) is 8.40. The molecule has 1 fully saturated rings. The molecule has 2 heterocycles. The van der Waals surface area contributed by atoms with Gasteiger partial charge in [-0.05, 0) is 26.0 Å². The Balaban J connectivity index is 2.10. The molecule has 0 aromatic heterocycles. The van der Waals surface area contributed by atoms with Gasteiger partial charge >= 0.3 is 0 Å². The maximum Gasteiger partial charge on any atom is 0.129 e. The fourth-order valence-corrected chi connectivity index (χ4v) is 6.44. The molecule has 0 amide bonds. The summed E-state index contributed by atoms with van der Waals surface area (Å²) in [6.07, 6.45) is 1.06. The van der Waals surface area contributed by atoms with Crippen LogP contribution in [0.4, 0.5) is 0 Å². The smallest absolute Gasteiger partial charge is 0.129 e. The van der Waals surface area contributed by atoms with Crippen LogP contribution < -0.4 is 9.47 Å². The molecule has 0 saturated carbocycles. The van der Waals surface area contributed by atoms with E-state index in [0.29, 0.717) is 0 Å². The van der Waals surface area contributed by atoms with Gasteiger partial charge in [-0.15, -0.1) is 23.5 Å². The summed E-state index contributed by atoms with van der Waals surface area (Å²) in [6.45, 7) is 4.35. The molecule has 2 aliphatic rings. The first-order chi connectivity index (χ1) is 8.55. The minimum absolute atomic E-state index is 0.107. The molecule has 0 bridgehead atoms. The molecule has 1 aromatic carbocycles. The molecule has 0 radical (unpaired) electrons. The second kappa shape index (κ2) is 4.27. The Kier molecular flexibility index (Phi) is 2.98. The summed E-state index contributed by atoms with van der Waals surface area (Å²) in [5.41, 5.74) is 1.22. The third-order valence-corrected chi connectivity index (χ3v) is 6.84. The van der Waals surface area contributed by atoms with Gasteiger partial charge in [-0.2, -0.15) is 0 Å². The van der Waals surface area contributed by atoms with Crippen LogP contribution in [-0.4, -0.2) is 24.2 Å². The van der Waals surface area contributed by atoms with Gasteiger partial charge in [0, 0.05) is 29.6 Å². The molecule has 0 atom stereocenters. The number of hydrogen-bond donors (Lipinski definition) is 0. The SMILES string of the molecule is COc1ccc2c(c1)OC(C)(C)CC21SCCS1. The van der Waals surface area contributed by atoms with Crippen LogP contribution in [-0.2, 0) is 4.08 Å². The number of ether oxygens (including phenoxy) is 2. The Hall–Kier alpha value is -0.480. The Morgan fingerprint density at radius 1 is 1.22 bits per heavy atom. The largest absolute Gasteiger partial charge is 0.497 e. The van der Waals surface area contributed by atoms with E-state index in [1.54, 1.807) is 7.11 Å². The van der Waals surface area contributed by atoms with E-state index in [2.05, 4.69) is 43.4 Å². The lowest BCUT2D eigenvalue weighted by atomic mass is 9.93. The van der Waals surface area contributed by atoms with E-state index in [4.69, 9.17) is 9.47 Å². The van der Waals surface area contributed by atoms with E-state index in [0.717, 1.165) is 17.9 Å². The van der Waals surface area contributed by atoms with E-state index in [1.165, 1.54) is 17.1 Å². The molecule has 1 spiro atoms. The number of methoxy groups -OCH3 is 1. The van der Waals surface area contributed by atoms with Crippen LogP contribution in [0.25, 0.3) is 0 Å². The molecule has 3 rings (SSSR count). The van der Waals surface area contributed by atoms with Crippen LogP contribution in [0.15, 0.2) is 18.2 Å². The lowest BCUT2D eigenvalue weighted by Crippen LogP contribution is -2.40. The van der Waals surface area contributed by atoms with Crippen molar-refractivity contribution in [1.82, 2.24) is 0 Å². The highest BCUT2D eigenvalue weighted by Crippen LogP contribution is 2.61. The average molecular weight is 282 g/mol. The zero-order valence-corrected chi connectivity index (χ0v) is 12.6. The summed E-state index contributed by atoms with van der Waals surface area (Å²) in [4.78, 5) is 0. The topological polar surface area (TPSA) is 18.5 Å². The summed E-state index contributed by atoms with van der Waals surface area (Å²) in [7, 11) is 1.70. The molecular formula is C14H18O2S2. The Morgan fingerprint density at radius 2 is 1.94 bits per heavy atom. The monoisotopic (exact) mass is 282 g/mol. The maximum absolute atomic E-state index is 6.14. The van der Waals surface area contributed by atoms with Gasteiger partial charge in [-0.1, -0.05) is 0 Å². The number of hydrogen-bond acceptors (Lipinski definition) is 4. The van der Waals surface area contributed by atoms with Crippen LogP contribution in [0.5, 0.6) is 11.5 Å². The first-order valence-electron chi connectivity index (χ1n) is 6.20. The van der Waals surface area contributed by atoms with Crippen molar-refractivity contribution in [1.29, 1.82) is 0 Å². The van der Waals surface area contributed by atoms with Crippen molar-refractivity contribution in [3.63, 3.8) is 0 Å². The standard InChI is InChI=1S/C14H18O2S2/c1-13(2)9-14(17-6-7-18-14)11-5-4-10(15-3)8-12(11)16-13/h4-5,8H,6-7,9H2,1-3H3. The first kappa shape index (κ1) is 12.5. The van der Waals surface area contributed by atoms with E-state index in [-0.39, 0.29) is 9.68 Å². The van der Waals surface area contributed by atoms with E-state index >= 15 is 0 Å². The van der Waals surface area contributed by atoms with Crippen LogP contribution >= 0.6 is 23.5 Å². The number of thioether (sulfide) groups is 2. The molecule has 1 aromatic rings. The van der Waals surface area contributed by atoms with Gasteiger partial charge < -0.3 is 9.47 Å². The van der Waals surface area contributed by atoms with Crippen LogP contribution in [0.1, 0.15) is 25.8 Å². The highest BCUT2D eigenvalue weighted by atomic mass is 32.2. The molecule has 18 heavy (non-hydrogen) atoms. The maximum atomic E-state index is 6.14. The third-order valence-electron chi connectivity index (χ3n) is 3.40. The van der Waals surface area contributed by atoms with Gasteiger partial charge in [0.15, 0.2) is 0 Å². The minimum atomic E-state index is -0.107. The first-order valence-corrected chi connectivity index (χ1v) is 8.17. The minimum Gasteiger partial charge on any atom is -0.497 e. The summed E-state index contributed by atoms with van der Waals surface area (Å²) in [5, 5.41) is 0. The second-order valence-electron chi connectivity index (χ2n) is 5.35. The zero-order valence-electron chi connectivity index (χ0n) is 11.0. The Morgan fingerprint density at radius 3 is 2.61 bits per heavy atom. The summed E-state index contributed by atoms with van der Waals surface area (Å²) in [6, 6.07) is 6.24. The predicted octanol–water partition coefficient (Wildman–Crippen LogP) is 3.89. The van der Waals surface area contributed by atoms with Crippen LogP contribution in [0.3, 0.4) is 0 Å². The van der Waals surface area contributed by atoms with Gasteiger partial charge in [0.05, 0.1) is 11.2 Å². The normalized spacial score (nSPS) is 23.5. The van der Waals surface area contributed by atoms with Gasteiger partial charge in [0.1, 0.15) is 17.1 Å². The van der Waals surface area contributed by atoms with Gasteiger partial charge in [0.25, 0.3) is 0 Å². The molecule has 0 N–H and O–H groups in total. The number of rotatable bonds is 1. The van der Waals surface area contributed by atoms with Crippen molar-refractivity contribution in [2.75, 3.05) is 18.6 Å². The molecular weight excluding hydrogens is 264 g/mol. The number of benzene rings is 1. The van der Waals surface area contributed by atoms with Crippen molar-refractivity contribution >= 4 is 23.5 Å². The highest BCUT2D eigenvalue weighted by molar-refractivity contribution is 8.20. The molecule has 4 heteroatoms. The van der Waals surface area contributed by atoms with Gasteiger partial charge in [-0.3, -0.25) is 0 Å². The third kappa shape index (κ3) is 1.99. The molecule has 1 saturated heterocycles. The highest BCUT2D eigenvalue weighted by Gasteiger charge is 2.48. The summed E-state index contributed by atoms with van der Waals surface area (Å²) < 4.78 is 11.6. The van der Waals surface area contributed by atoms with E-state index in [9.17, 15) is 0 Å². The van der Waals surface area contributed by atoms with E-state index < -0.39 is 0 Å². The van der Waals surface area contributed by atoms with Crippen LogP contribution in [0, 0.1) is 0 Å². The zero-order chi connectivity index (χ0) is 12.8. The van der Waals surface area contributed by atoms with Crippen molar-refractivity contribution in [2.45, 2.75) is 29.9 Å². The molecule has 98 valence electrons. The lowest BCUT2D eigenvalue weighted by molar-refractivity contribution is 0.0789. The van der Waals surface area contributed by atoms with Crippen molar-refractivity contribution in [3.8, 4) is 11.5 Å². The number of fused-ring (bicyclic) bond motifs is 2. The lowest BCUT2D eigenvalue weighted by Gasteiger charge is -2.43. The molecule has 0 unspecified atom stereocenters. The van der Waals surface area contributed by atoms with Crippen molar-refractivity contribution in [2.24, 2.45) is 0 Å². The quantitative estimate of drug-likeness (QED) is 0.777. The van der Waals surface area contributed by atoms with Crippen molar-refractivity contribution in [3.05, 3.63) is 23.8 Å². The summed E-state index contributed by atoms with van der Waals surface area (Å²) >= 11 is 4.13. The fraction of sp³-hybridized carbons (Fsp3) is 0.571. The van der Waals surface area contributed by atoms with Gasteiger partial charge in [0.2, 0.25) is 0 Å². The molecule has 2 aliphatic heterocycles. The van der Waals surface area contributed by atoms with Crippen molar-refractivity contribution < 1.29 is 9.47 Å². The Labute approximate surface area is 117 Å². The fourth-order valence-electron chi connectivity index (χ4n) is 2.73. The molecule has 2 nitrogen and oxygen atoms in total. The molecule has 0 aliphatic carbocycles. The van der Waals surface area contributed by atoms with E-state index in [1.807, 2.05) is 12.1 Å². The average Bonchev–Trinajstić information content (AvgIpc) is 2.75. The van der Waals surface area contributed by atoms with Crippen LogP contribution in [0.2, 0.25) is 0 Å². The Bertz CT molecular complexity index is 465. The summed E-state index contributed by atoms with van der Waals surface area (Å²) in [5.74, 6) is 4.32. The van der Waals surface area contributed by atoms with Gasteiger partial charge in [-0.25, -0.2) is 0 Å². The predicted molar refractivity (Wildman–Crippen MR) is 78.9 cm³/mol.